The van der Waals surface area contributed by atoms with E-state index >= 15 is 0 Å². The Labute approximate surface area is 137 Å². The van der Waals surface area contributed by atoms with E-state index in [1.54, 1.807) is 0 Å². The molecule has 1 heterocycles. The molecule has 2 nitrogen and oxygen atoms in total. The van der Waals surface area contributed by atoms with Gasteiger partial charge in [-0.3, -0.25) is 0 Å². The molecule has 2 heteroatoms. The lowest BCUT2D eigenvalue weighted by Crippen LogP contribution is -2.69. The van der Waals surface area contributed by atoms with Gasteiger partial charge in [0.25, 0.3) is 0 Å². The maximum absolute atomic E-state index is 3.80. The monoisotopic (exact) mass is 302 g/mol. The van der Waals surface area contributed by atoms with Crippen molar-refractivity contribution in [3.8, 4) is 0 Å². The van der Waals surface area contributed by atoms with E-state index in [1.807, 2.05) is 0 Å². The van der Waals surface area contributed by atoms with Crippen molar-refractivity contribution in [2.45, 2.75) is 91.3 Å². The van der Waals surface area contributed by atoms with Crippen molar-refractivity contribution in [2.24, 2.45) is 0 Å². The molecular weight excluding hydrogens is 268 g/mol. The molecule has 22 heavy (non-hydrogen) atoms. The highest BCUT2D eigenvalue weighted by atomic mass is 15.3. The number of benzene rings is 1. The summed E-state index contributed by atoms with van der Waals surface area (Å²) < 4.78 is 0. The normalized spacial score (nSPS) is 20.4. The highest BCUT2D eigenvalue weighted by molar-refractivity contribution is 5.77. The Balaban J connectivity index is 2.68. The average Bonchev–Trinajstić information content (AvgIpc) is 2.25. The molecule has 2 rings (SSSR count). The van der Waals surface area contributed by atoms with Crippen LogP contribution in [0.25, 0.3) is 0 Å². The van der Waals surface area contributed by atoms with Crippen molar-refractivity contribution in [3.05, 3.63) is 23.8 Å². The molecule has 1 aliphatic heterocycles. The average molecular weight is 303 g/mol. The Morgan fingerprint density at radius 1 is 0.909 bits per heavy atom. The second-order valence-electron chi connectivity index (χ2n) is 9.80. The van der Waals surface area contributed by atoms with Gasteiger partial charge in [0.2, 0.25) is 0 Å². The highest BCUT2D eigenvalue weighted by Crippen LogP contribution is 2.48. The van der Waals surface area contributed by atoms with Crippen LogP contribution < -0.4 is 10.2 Å². The Hall–Kier alpha value is -1.18. The van der Waals surface area contributed by atoms with E-state index in [-0.39, 0.29) is 22.0 Å². The number of fused-ring (bicyclic) bond motifs is 1. The topological polar surface area (TPSA) is 15.3 Å². The van der Waals surface area contributed by atoms with E-state index in [4.69, 9.17) is 0 Å². The van der Waals surface area contributed by atoms with Crippen molar-refractivity contribution in [1.29, 1.82) is 0 Å². The third-order valence-corrected chi connectivity index (χ3v) is 5.31. The number of hydrogen-bond acceptors (Lipinski definition) is 2. The van der Waals surface area contributed by atoms with Crippen LogP contribution in [0, 0.1) is 0 Å². The molecule has 1 aromatic rings. The minimum atomic E-state index is -0.0101. The van der Waals surface area contributed by atoms with Crippen molar-refractivity contribution >= 4 is 11.4 Å². The van der Waals surface area contributed by atoms with Crippen molar-refractivity contribution < 1.29 is 0 Å². The summed E-state index contributed by atoms with van der Waals surface area (Å²) >= 11 is 0. The van der Waals surface area contributed by atoms with Crippen LogP contribution in [0.1, 0.15) is 74.8 Å². The predicted molar refractivity (Wildman–Crippen MR) is 99.2 cm³/mol. The minimum absolute atomic E-state index is 0.0101. The molecule has 0 amide bonds. The van der Waals surface area contributed by atoms with Gasteiger partial charge in [-0.2, -0.15) is 0 Å². The second kappa shape index (κ2) is 4.66. The Kier molecular flexibility index (Phi) is 3.64. The molecule has 0 radical (unpaired) electrons. The van der Waals surface area contributed by atoms with E-state index in [0.29, 0.717) is 0 Å². The summed E-state index contributed by atoms with van der Waals surface area (Å²) in [6, 6.07) is 6.92. The van der Waals surface area contributed by atoms with Gasteiger partial charge in [-0.1, -0.05) is 26.8 Å². The summed E-state index contributed by atoms with van der Waals surface area (Å²) in [7, 11) is 0. The standard InChI is InChI=1S/C20H34N2/c1-17(2,3)14-11-12-16-15(13-14)21-19(7,8)20(9,10)22(16)18(4,5)6/h11-13,21H,1-10H3. The summed E-state index contributed by atoms with van der Waals surface area (Å²) in [5.74, 6) is 0. The van der Waals surface area contributed by atoms with Crippen LogP contribution >= 0.6 is 0 Å². The largest absolute Gasteiger partial charge is 0.376 e. The van der Waals surface area contributed by atoms with Gasteiger partial charge in [0.05, 0.1) is 22.5 Å². The Morgan fingerprint density at radius 2 is 1.45 bits per heavy atom. The summed E-state index contributed by atoms with van der Waals surface area (Å²) in [4.78, 5) is 2.58. The molecule has 0 aromatic heterocycles. The predicted octanol–water partition coefficient (Wildman–Crippen LogP) is 5.57. The molecule has 0 saturated heterocycles. The number of anilines is 2. The minimum Gasteiger partial charge on any atom is -0.376 e. The lowest BCUT2D eigenvalue weighted by atomic mass is 9.75. The van der Waals surface area contributed by atoms with E-state index in [1.165, 1.54) is 16.9 Å². The molecule has 0 saturated carbocycles. The maximum atomic E-state index is 3.80. The fraction of sp³-hybridized carbons (Fsp3) is 0.700. The summed E-state index contributed by atoms with van der Waals surface area (Å²) in [6.45, 7) is 23.0. The Morgan fingerprint density at radius 3 is 1.91 bits per heavy atom. The van der Waals surface area contributed by atoms with Gasteiger partial charge in [-0.25, -0.2) is 0 Å². The zero-order valence-corrected chi connectivity index (χ0v) is 16.2. The molecule has 0 aliphatic carbocycles. The van der Waals surface area contributed by atoms with E-state index < -0.39 is 0 Å². The number of rotatable bonds is 0. The molecule has 1 aromatic carbocycles. The molecule has 0 atom stereocenters. The summed E-state index contributed by atoms with van der Waals surface area (Å²) in [6.07, 6.45) is 0. The fourth-order valence-corrected chi connectivity index (χ4v) is 3.57. The van der Waals surface area contributed by atoms with Crippen LogP contribution in [-0.4, -0.2) is 16.6 Å². The molecule has 0 bridgehead atoms. The van der Waals surface area contributed by atoms with Gasteiger partial charge < -0.3 is 10.2 Å². The van der Waals surface area contributed by atoms with Crippen molar-refractivity contribution in [2.75, 3.05) is 10.2 Å². The quantitative estimate of drug-likeness (QED) is 0.674. The molecule has 1 N–H and O–H groups in total. The van der Waals surface area contributed by atoms with Crippen molar-refractivity contribution in [1.82, 2.24) is 0 Å². The first-order valence-electron chi connectivity index (χ1n) is 8.41. The third kappa shape index (κ3) is 2.61. The van der Waals surface area contributed by atoms with E-state index in [9.17, 15) is 0 Å². The molecular formula is C20H34N2. The van der Waals surface area contributed by atoms with Gasteiger partial charge in [-0.15, -0.1) is 0 Å². The Bertz CT molecular complexity index is 568. The van der Waals surface area contributed by atoms with Gasteiger partial charge >= 0.3 is 0 Å². The molecule has 0 spiro atoms. The summed E-state index contributed by atoms with van der Waals surface area (Å²) in [5.41, 5.74) is 4.19. The molecule has 1 aliphatic rings. The SMILES string of the molecule is CC(C)(C)c1ccc2c(c1)NC(C)(C)C(C)(C)N2C(C)(C)C. The second-order valence-corrected chi connectivity index (χ2v) is 9.80. The maximum Gasteiger partial charge on any atom is 0.0612 e. The number of nitrogens with one attached hydrogen (secondary N) is 1. The van der Waals surface area contributed by atoms with E-state index in [0.717, 1.165) is 0 Å². The zero-order valence-electron chi connectivity index (χ0n) is 16.2. The smallest absolute Gasteiger partial charge is 0.0612 e. The van der Waals surface area contributed by atoms with Crippen LogP contribution in [-0.2, 0) is 5.41 Å². The first-order chi connectivity index (χ1) is 9.68. The fourth-order valence-electron chi connectivity index (χ4n) is 3.57. The van der Waals surface area contributed by atoms with E-state index in [2.05, 4.69) is 97.7 Å². The van der Waals surface area contributed by atoms with Crippen LogP contribution in [0.15, 0.2) is 18.2 Å². The number of hydrogen-bond donors (Lipinski definition) is 1. The van der Waals surface area contributed by atoms with Crippen molar-refractivity contribution in [3.63, 3.8) is 0 Å². The van der Waals surface area contributed by atoms with Crippen LogP contribution in [0.3, 0.4) is 0 Å². The zero-order chi connectivity index (χ0) is 17.1. The third-order valence-electron chi connectivity index (χ3n) is 5.31. The molecule has 0 fully saturated rings. The molecule has 0 unspecified atom stereocenters. The van der Waals surface area contributed by atoms with Crippen LogP contribution in [0.4, 0.5) is 11.4 Å². The first kappa shape index (κ1) is 17.2. The first-order valence-corrected chi connectivity index (χ1v) is 8.41. The highest BCUT2D eigenvalue weighted by Gasteiger charge is 2.49. The van der Waals surface area contributed by atoms with Crippen LogP contribution in [0.2, 0.25) is 0 Å². The lowest BCUT2D eigenvalue weighted by molar-refractivity contribution is 0.252. The van der Waals surface area contributed by atoms with Gasteiger partial charge in [0.15, 0.2) is 0 Å². The lowest BCUT2D eigenvalue weighted by Gasteiger charge is -2.60. The van der Waals surface area contributed by atoms with Gasteiger partial charge in [0, 0.05) is 5.54 Å². The van der Waals surface area contributed by atoms with Crippen LogP contribution in [0.5, 0.6) is 0 Å². The van der Waals surface area contributed by atoms with Gasteiger partial charge in [-0.05, 0) is 71.6 Å². The van der Waals surface area contributed by atoms with Gasteiger partial charge in [0.1, 0.15) is 0 Å². The summed E-state index contributed by atoms with van der Waals surface area (Å²) in [5, 5.41) is 3.80. The number of nitrogens with zero attached hydrogens (tertiary/aromatic N) is 1. The molecule has 124 valence electrons.